The van der Waals surface area contributed by atoms with Crippen molar-refractivity contribution < 1.29 is 18.7 Å². The summed E-state index contributed by atoms with van der Waals surface area (Å²) >= 11 is 7.33. The van der Waals surface area contributed by atoms with Crippen LogP contribution < -0.4 is 19.6 Å². The molecule has 7 nitrogen and oxygen atoms in total. The minimum atomic E-state index is -0.757. The third-order valence-electron chi connectivity index (χ3n) is 6.30. The fraction of sp³-hybridized carbons (Fsp3) is 0.207. The number of rotatable bonds is 6. The SMILES string of the molecule is CCOC(=O)C1=C(C)N=c2sc(=Cc3ccc(-c4ccc(Cl)cc4C)o3)c(=O)n2[C@@H]1c1ccccc1OC. The molecule has 0 aliphatic carbocycles. The monoisotopic (exact) mass is 548 g/mol. The summed E-state index contributed by atoms with van der Waals surface area (Å²) in [5, 5.41) is 0.654. The molecule has 4 aromatic rings. The van der Waals surface area contributed by atoms with Crippen molar-refractivity contribution in [2.24, 2.45) is 4.99 Å². The van der Waals surface area contributed by atoms with Crippen molar-refractivity contribution in [3.8, 4) is 17.1 Å². The van der Waals surface area contributed by atoms with Crippen LogP contribution in [-0.2, 0) is 9.53 Å². The summed E-state index contributed by atoms with van der Waals surface area (Å²) in [6.45, 7) is 5.65. The van der Waals surface area contributed by atoms with Gasteiger partial charge in [-0.2, -0.15) is 0 Å². The summed E-state index contributed by atoms with van der Waals surface area (Å²) in [4.78, 5) is 32.0. The zero-order valence-corrected chi connectivity index (χ0v) is 22.9. The Kier molecular flexibility index (Phi) is 7.10. The number of aromatic nitrogens is 1. The Morgan fingerprint density at radius 2 is 1.97 bits per heavy atom. The number of methoxy groups -OCH3 is 1. The third kappa shape index (κ3) is 4.61. The molecule has 0 fully saturated rings. The number of esters is 1. The second-order valence-corrected chi connectivity index (χ2v) is 10.2. The largest absolute Gasteiger partial charge is 0.496 e. The minimum Gasteiger partial charge on any atom is -0.496 e. The molecule has 0 amide bonds. The zero-order chi connectivity index (χ0) is 27.0. The summed E-state index contributed by atoms with van der Waals surface area (Å²) in [6, 6.07) is 15.8. The van der Waals surface area contributed by atoms with Crippen LogP contribution in [0.4, 0.5) is 0 Å². The molecule has 1 atom stereocenters. The van der Waals surface area contributed by atoms with Crippen molar-refractivity contribution in [2.45, 2.75) is 26.8 Å². The molecule has 9 heteroatoms. The van der Waals surface area contributed by atoms with Crippen LogP contribution in [0.1, 0.15) is 36.8 Å². The summed E-state index contributed by atoms with van der Waals surface area (Å²) in [6.07, 6.45) is 1.70. The van der Waals surface area contributed by atoms with Gasteiger partial charge >= 0.3 is 5.97 Å². The Hall–Kier alpha value is -3.88. The average molecular weight is 549 g/mol. The number of hydrogen-bond donors (Lipinski definition) is 0. The van der Waals surface area contributed by atoms with Crippen LogP contribution in [0.15, 0.2) is 80.1 Å². The van der Waals surface area contributed by atoms with E-state index in [1.807, 2.05) is 55.5 Å². The predicted molar refractivity (Wildman–Crippen MR) is 147 cm³/mol. The second-order valence-electron chi connectivity index (χ2n) is 8.71. The number of para-hydroxylation sites is 1. The molecule has 1 aliphatic rings. The molecule has 2 aromatic heterocycles. The van der Waals surface area contributed by atoms with Gasteiger partial charge in [0.25, 0.3) is 5.56 Å². The number of carbonyl (C=O) groups excluding carboxylic acids is 1. The molecule has 3 heterocycles. The zero-order valence-electron chi connectivity index (χ0n) is 21.3. The van der Waals surface area contributed by atoms with E-state index >= 15 is 0 Å². The van der Waals surface area contributed by atoms with Gasteiger partial charge in [-0.3, -0.25) is 9.36 Å². The van der Waals surface area contributed by atoms with Gasteiger partial charge in [0, 0.05) is 22.2 Å². The smallest absolute Gasteiger partial charge is 0.338 e. The molecular formula is C29H25ClN2O5S. The highest BCUT2D eigenvalue weighted by Gasteiger charge is 2.35. The van der Waals surface area contributed by atoms with Gasteiger partial charge in [-0.25, -0.2) is 9.79 Å². The van der Waals surface area contributed by atoms with Crippen LogP contribution in [0, 0.1) is 6.92 Å². The van der Waals surface area contributed by atoms with Crippen molar-refractivity contribution in [1.29, 1.82) is 0 Å². The van der Waals surface area contributed by atoms with E-state index in [9.17, 15) is 9.59 Å². The highest BCUT2D eigenvalue weighted by molar-refractivity contribution is 7.07. The fourth-order valence-corrected chi connectivity index (χ4v) is 5.84. The van der Waals surface area contributed by atoms with Gasteiger partial charge in [-0.1, -0.05) is 41.1 Å². The van der Waals surface area contributed by atoms with E-state index in [1.54, 1.807) is 33.1 Å². The number of fused-ring (bicyclic) bond motifs is 1. The Morgan fingerprint density at radius 3 is 2.71 bits per heavy atom. The molecule has 194 valence electrons. The van der Waals surface area contributed by atoms with E-state index in [1.165, 1.54) is 15.9 Å². The Balaban J connectivity index is 1.66. The van der Waals surface area contributed by atoms with Crippen LogP contribution in [-0.4, -0.2) is 24.3 Å². The first-order valence-electron chi connectivity index (χ1n) is 12.0. The molecule has 0 saturated carbocycles. The van der Waals surface area contributed by atoms with Crippen LogP contribution in [0.3, 0.4) is 0 Å². The lowest BCUT2D eigenvalue weighted by atomic mass is 9.95. The maximum absolute atomic E-state index is 13.8. The van der Waals surface area contributed by atoms with E-state index in [0.29, 0.717) is 48.5 Å². The lowest BCUT2D eigenvalue weighted by Crippen LogP contribution is -2.40. The van der Waals surface area contributed by atoms with Crippen molar-refractivity contribution in [2.75, 3.05) is 13.7 Å². The molecule has 0 N–H and O–H groups in total. The number of hydrogen-bond acceptors (Lipinski definition) is 7. The fourth-order valence-electron chi connectivity index (χ4n) is 4.59. The molecule has 2 aromatic carbocycles. The average Bonchev–Trinajstić information content (AvgIpc) is 3.47. The summed E-state index contributed by atoms with van der Waals surface area (Å²) in [7, 11) is 1.56. The molecule has 0 unspecified atom stereocenters. The summed E-state index contributed by atoms with van der Waals surface area (Å²) in [5.74, 6) is 1.23. The molecule has 0 bridgehead atoms. The standard InChI is InChI=1S/C29H25ClN2O5S/c1-5-36-28(34)25-17(3)31-29-32(26(25)21-8-6-7-9-22(21)35-4)27(33)24(38-29)15-19-11-13-23(37-19)20-12-10-18(30)14-16(20)2/h6-15,26H,5H2,1-4H3/t26-/m1/s1. The number of furan rings is 1. The van der Waals surface area contributed by atoms with E-state index in [0.717, 1.165) is 11.1 Å². The lowest BCUT2D eigenvalue weighted by molar-refractivity contribution is -0.139. The molecule has 1 aliphatic heterocycles. The quantitative estimate of drug-likeness (QED) is 0.316. The number of ether oxygens (including phenoxy) is 2. The van der Waals surface area contributed by atoms with Gasteiger partial charge < -0.3 is 13.9 Å². The van der Waals surface area contributed by atoms with Gasteiger partial charge in [0.2, 0.25) is 0 Å². The summed E-state index contributed by atoms with van der Waals surface area (Å²) < 4.78 is 19.0. The predicted octanol–water partition coefficient (Wildman–Crippen LogP) is 5.03. The topological polar surface area (TPSA) is 83.0 Å². The highest BCUT2D eigenvalue weighted by atomic mass is 35.5. The maximum Gasteiger partial charge on any atom is 0.338 e. The van der Waals surface area contributed by atoms with Gasteiger partial charge in [0.05, 0.1) is 29.5 Å². The minimum absolute atomic E-state index is 0.201. The van der Waals surface area contributed by atoms with Crippen molar-refractivity contribution >= 4 is 35.0 Å². The number of allylic oxidation sites excluding steroid dienone is 1. The van der Waals surface area contributed by atoms with Gasteiger partial charge in [0.15, 0.2) is 4.80 Å². The first-order valence-corrected chi connectivity index (χ1v) is 13.2. The molecule has 0 radical (unpaired) electrons. The maximum atomic E-state index is 13.8. The normalized spacial score (nSPS) is 15.3. The van der Waals surface area contributed by atoms with Crippen LogP contribution in [0.2, 0.25) is 5.02 Å². The molecule has 0 saturated heterocycles. The Morgan fingerprint density at radius 1 is 1.18 bits per heavy atom. The molecular weight excluding hydrogens is 524 g/mol. The number of carbonyl (C=O) groups is 1. The number of aryl methyl sites for hydroxylation is 1. The van der Waals surface area contributed by atoms with Gasteiger partial charge in [0.1, 0.15) is 23.3 Å². The van der Waals surface area contributed by atoms with Crippen molar-refractivity contribution in [3.63, 3.8) is 0 Å². The summed E-state index contributed by atoms with van der Waals surface area (Å²) in [5.41, 5.74) is 3.07. The first-order chi connectivity index (χ1) is 18.3. The first kappa shape index (κ1) is 25.8. The molecule has 5 rings (SSSR count). The number of halogens is 1. The molecule has 38 heavy (non-hydrogen) atoms. The third-order valence-corrected chi connectivity index (χ3v) is 7.52. The number of benzene rings is 2. The lowest BCUT2D eigenvalue weighted by Gasteiger charge is -2.25. The van der Waals surface area contributed by atoms with Crippen LogP contribution in [0.5, 0.6) is 5.75 Å². The number of nitrogens with zero attached hydrogens (tertiary/aromatic N) is 2. The highest BCUT2D eigenvalue weighted by Crippen LogP contribution is 2.35. The van der Waals surface area contributed by atoms with Crippen molar-refractivity contribution in [3.05, 3.63) is 107 Å². The van der Waals surface area contributed by atoms with Gasteiger partial charge in [-0.15, -0.1) is 0 Å². The van der Waals surface area contributed by atoms with Crippen molar-refractivity contribution in [1.82, 2.24) is 4.57 Å². The van der Waals surface area contributed by atoms with E-state index < -0.39 is 12.0 Å². The molecule has 0 spiro atoms. The Labute approximate surface area is 227 Å². The van der Waals surface area contributed by atoms with E-state index in [2.05, 4.69) is 4.99 Å². The van der Waals surface area contributed by atoms with Crippen LogP contribution >= 0.6 is 22.9 Å². The second kappa shape index (κ2) is 10.5. The number of thiazole rings is 1. The Bertz CT molecular complexity index is 1760. The van der Waals surface area contributed by atoms with Crippen LogP contribution in [0.25, 0.3) is 17.4 Å². The van der Waals surface area contributed by atoms with Gasteiger partial charge in [-0.05, 0) is 62.7 Å². The van der Waals surface area contributed by atoms with E-state index in [4.69, 9.17) is 25.5 Å². The van der Waals surface area contributed by atoms with E-state index in [-0.39, 0.29) is 12.2 Å².